The molecule has 1 amide bonds. The minimum Gasteiger partial charge on any atom is -0.492 e. The van der Waals surface area contributed by atoms with Crippen LogP contribution in [0.2, 0.25) is 0 Å². The zero-order valence-electron chi connectivity index (χ0n) is 18.2. The summed E-state index contributed by atoms with van der Waals surface area (Å²) in [6.07, 6.45) is 7.44. The summed E-state index contributed by atoms with van der Waals surface area (Å²) in [5.41, 5.74) is 0.785. The summed E-state index contributed by atoms with van der Waals surface area (Å²) in [7, 11) is 0. The van der Waals surface area contributed by atoms with Gasteiger partial charge in [-0.1, -0.05) is 0 Å². The predicted octanol–water partition coefficient (Wildman–Crippen LogP) is 3.64. The average molecular weight is 400 g/mol. The third-order valence-corrected chi connectivity index (χ3v) is 7.16. The minimum atomic E-state index is 0.179. The minimum absolute atomic E-state index is 0.179. The summed E-state index contributed by atoms with van der Waals surface area (Å²) in [5.74, 6) is 1.04. The molecule has 1 aromatic rings. The average Bonchev–Trinajstić information content (AvgIpc) is 3.47. The van der Waals surface area contributed by atoms with Gasteiger partial charge in [-0.25, -0.2) is 0 Å². The standard InChI is InChI=1S/C24H37N3O2/c1-19-7-8-20(2)26(19)16-17-29-23-11-9-21(10-12-23)24(28)27-15-5-6-22(27)18-25-13-3-4-14-25/h9-12,19-20,22H,3-8,13-18H2,1-2H3/t19?,20?,22-/m0/s1. The Morgan fingerprint density at radius 2 is 1.66 bits per heavy atom. The van der Waals surface area contributed by atoms with Gasteiger partial charge in [0.25, 0.3) is 5.91 Å². The van der Waals surface area contributed by atoms with E-state index >= 15 is 0 Å². The molecular weight excluding hydrogens is 362 g/mol. The number of hydrogen-bond donors (Lipinski definition) is 0. The highest BCUT2D eigenvalue weighted by Crippen LogP contribution is 2.25. The Kier molecular flexibility index (Phi) is 6.76. The van der Waals surface area contributed by atoms with Crippen molar-refractivity contribution >= 4 is 5.91 Å². The first kappa shape index (κ1) is 20.7. The quantitative estimate of drug-likeness (QED) is 0.701. The Bertz CT molecular complexity index is 661. The molecule has 3 fully saturated rings. The fourth-order valence-electron chi connectivity index (χ4n) is 5.37. The molecule has 0 saturated carbocycles. The van der Waals surface area contributed by atoms with Crippen molar-refractivity contribution in [3.63, 3.8) is 0 Å². The number of carbonyl (C=O) groups excluding carboxylic acids is 1. The molecule has 5 nitrogen and oxygen atoms in total. The third-order valence-electron chi connectivity index (χ3n) is 7.16. The fourth-order valence-corrected chi connectivity index (χ4v) is 5.37. The molecule has 5 heteroatoms. The second kappa shape index (κ2) is 9.48. The van der Waals surface area contributed by atoms with E-state index in [1.807, 2.05) is 24.3 Å². The van der Waals surface area contributed by atoms with Crippen LogP contribution in [-0.2, 0) is 0 Å². The first-order chi connectivity index (χ1) is 14.1. The highest BCUT2D eigenvalue weighted by Gasteiger charge is 2.31. The molecule has 3 aliphatic rings. The van der Waals surface area contributed by atoms with Crippen LogP contribution in [0.15, 0.2) is 24.3 Å². The van der Waals surface area contributed by atoms with Gasteiger partial charge in [0.05, 0.1) is 0 Å². The van der Waals surface area contributed by atoms with Gasteiger partial charge in [0, 0.05) is 43.3 Å². The van der Waals surface area contributed by atoms with Crippen LogP contribution in [0.1, 0.15) is 62.7 Å². The van der Waals surface area contributed by atoms with Crippen molar-refractivity contribution in [2.45, 2.75) is 70.5 Å². The van der Waals surface area contributed by atoms with Gasteiger partial charge in [-0.3, -0.25) is 9.69 Å². The van der Waals surface area contributed by atoms with E-state index in [2.05, 4.69) is 28.5 Å². The molecule has 29 heavy (non-hydrogen) atoms. The molecule has 0 aromatic heterocycles. The number of benzene rings is 1. The van der Waals surface area contributed by atoms with Crippen LogP contribution in [0.5, 0.6) is 5.75 Å². The van der Waals surface area contributed by atoms with Crippen molar-refractivity contribution in [1.29, 1.82) is 0 Å². The molecule has 160 valence electrons. The van der Waals surface area contributed by atoms with E-state index in [1.165, 1.54) is 38.8 Å². The summed E-state index contributed by atoms with van der Waals surface area (Å²) < 4.78 is 5.96. The largest absolute Gasteiger partial charge is 0.492 e. The van der Waals surface area contributed by atoms with Crippen LogP contribution in [0.25, 0.3) is 0 Å². The SMILES string of the molecule is CC1CCC(C)N1CCOc1ccc(C(=O)N2CCC[C@H]2CN2CCCC2)cc1. The molecule has 0 bridgehead atoms. The number of amides is 1. The van der Waals surface area contributed by atoms with Gasteiger partial charge >= 0.3 is 0 Å². The van der Waals surface area contributed by atoms with Crippen LogP contribution in [0.3, 0.4) is 0 Å². The van der Waals surface area contributed by atoms with E-state index < -0.39 is 0 Å². The number of hydrogen-bond acceptors (Lipinski definition) is 4. The molecule has 3 atom stereocenters. The van der Waals surface area contributed by atoms with E-state index in [9.17, 15) is 4.79 Å². The van der Waals surface area contributed by atoms with Gasteiger partial charge in [0.15, 0.2) is 0 Å². The van der Waals surface area contributed by atoms with Gasteiger partial charge < -0.3 is 14.5 Å². The van der Waals surface area contributed by atoms with E-state index in [-0.39, 0.29) is 5.91 Å². The highest BCUT2D eigenvalue weighted by atomic mass is 16.5. The molecule has 2 unspecified atom stereocenters. The van der Waals surface area contributed by atoms with Crippen LogP contribution in [0, 0.1) is 0 Å². The van der Waals surface area contributed by atoms with Crippen molar-refractivity contribution < 1.29 is 9.53 Å². The maximum absolute atomic E-state index is 13.1. The number of nitrogens with zero attached hydrogens (tertiary/aromatic N) is 3. The fraction of sp³-hybridized carbons (Fsp3) is 0.708. The van der Waals surface area contributed by atoms with Gasteiger partial charge in [-0.2, -0.15) is 0 Å². The predicted molar refractivity (Wildman–Crippen MR) is 117 cm³/mol. The van der Waals surface area contributed by atoms with Crippen LogP contribution in [0.4, 0.5) is 0 Å². The number of likely N-dealkylation sites (tertiary alicyclic amines) is 3. The van der Waals surface area contributed by atoms with Gasteiger partial charge in [0.1, 0.15) is 12.4 Å². The first-order valence-corrected chi connectivity index (χ1v) is 11.6. The van der Waals surface area contributed by atoms with E-state index in [4.69, 9.17) is 4.74 Å². The lowest BCUT2D eigenvalue weighted by atomic mass is 10.1. The van der Waals surface area contributed by atoms with Crippen LogP contribution in [-0.4, -0.2) is 78.1 Å². The lowest BCUT2D eigenvalue weighted by Crippen LogP contribution is -2.42. The van der Waals surface area contributed by atoms with E-state index in [0.29, 0.717) is 24.7 Å². The van der Waals surface area contributed by atoms with E-state index in [1.54, 1.807) is 0 Å². The van der Waals surface area contributed by atoms with Crippen LogP contribution >= 0.6 is 0 Å². The normalized spacial score (nSPS) is 28.3. The monoisotopic (exact) mass is 399 g/mol. The van der Waals surface area contributed by atoms with Gasteiger partial charge in [0.2, 0.25) is 0 Å². The second-order valence-corrected chi connectivity index (χ2v) is 9.19. The highest BCUT2D eigenvalue weighted by molar-refractivity contribution is 5.94. The maximum Gasteiger partial charge on any atom is 0.254 e. The molecule has 4 rings (SSSR count). The maximum atomic E-state index is 13.1. The lowest BCUT2D eigenvalue weighted by molar-refractivity contribution is 0.0708. The molecule has 3 saturated heterocycles. The Hall–Kier alpha value is -1.59. The molecule has 1 aromatic carbocycles. The number of carbonyl (C=O) groups is 1. The van der Waals surface area contributed by atoms with Crippen molar-refractivity contribution in [2.24, 2.45) is 0 Å². The van der Waals surface area contributed by atoms with Gasteiger partial charge in [-0.15, -0.1) is 0 Å². The lowest BCUT2D eigenvalue weighted by Gasteiger charge is -2.28. The third kappa shape index (κ3) is 4.95. The van der Waals surface area contributed by atoms with Crippen molar-refractivity contribution in [3.05, 3.63) is 29.8 Å². The Balaban J connectivity index is 1.28. The summed E-state index contributed by atoms with van der Waals surface area (Å²) in [6.45, 7) is 10.6. The zero-order chi connectivity index (χ0) is 20.2. The molecule has 0 aliphatic carbocycles. The first-order valence-electron chi connectivity index (χ1n) is 11.6. The van der Waals surface area contributed by atoms with Crippen LogP contribution < -0.4 is 4.74 Å². The molecule has 3 heterocycles. The van der Waals surface area contributed by atoms with Gasteiger partial charge in [-0.05, 0) is 89.7 Å². The molecule has 0 radical (unpaired) electrons. The summed E-state index contributed by atoms with van der Waals surface area (Å²) >= 11 is 0. The second-order valence-electron chi connectivity index (χ2n) is 9.19. The molecular formula is C24H37N3O2. The molecule has 0 N–H and O–H groups in total. The molecule has 3 aliphatic heterocycles. The number of ether oxygens (including phenoxy) is 1. The Morgan fingerprint density at radius 3 is 2.34 bits per heavy atom. The summed E-state index contributed by atoms with van der Waals surface area (Å²) in [6, 6.07) is 9.46. The topological polar surface area (TPSA) is 36.0 Å². The van der Waals surface area contributed by atoms with E-state index in [0.717, 1.165) is 43.8 Å². The molecule has 0 spiro atoms. The summed E-state index contributed by atoms with van der Waals surface area (Å²) in [5, 5.41) is 0. The summed E-state index contributed by atoms with van der Waals surface area (Å²) in [4.78, 5) is 20.2. The smallest absolute Gasteiger partial charge is 0.254 e. The van der Waals surface area contributed by atoms with Crippen molar-refractivity contribution in [1.82, 2.24) is 14.7 Å². The Labute approximate surface area is 176 Å². The van der Waals surface area contributed by atoms with Crippen molar-refractivity contribution in [2.75, 3.05) is 39.3 Å². The zero-order valence-corrected chi connectivity index (χ0v) is 18.2. The van der Waals surface area contributed by atoms with Crippen molar-refractivity contribution in [3.8, 4) is 5.75 Å². The number of rotatable bonds is 7. The Morgan fingerprint density at radius 1 is 0.966 bits per heavy atom.